The van der Waals surface area contributed by atoms with Gasteiger partial charge in [-0.25, -0.2) is 4.79 Å². The van der Waals surface area contributed by atoms with Gasteiger partial charge >= 0.3 is 5.97 Å². The van der Waals surface area contributed by atoms with E-state index in [9.17, 15) is 20.0 Å². The van der Waals surface area contributed by atoms with Gasteiger partial charge in [-0.15, -0.1) is 0 Å². The average molecular weight is 441 g/mol. The molecule has 3 rings (SSSR count). The van der Waals surface area contributed by atoms with Crippen LogP contribution in [0.25, 0.3) is 17.4 Å². The van der Waals surface area contributed by atoms with Crippen molar-refractivity contribution >= 4 is 46.8 Å². The number of amides is 1. The highest BCUT2D eigenvalue weighted by Crippen LogP contribution is 2.28. The first-order valence-electron chi connectivity index (χ1n) is 8.61. The molecule has 2 N–H and O–H groups in total. The Morgan fingerprint density at radius 2 is 1.90 bits per heavy atom. The monoisotopic (exact) mass is 440 g/mol. The van der Waals surface area contributed by atoms with Crippen molar-refractivity contribution in [2.24, 2.45) is 0 Å². The molecule has 1 heterocycles. The van der Waals surface area contributed by atoms with Crippen LogP contribution in [0, 0.1) is 18.3 Å². The van der Waals surface area contributed by atoms with Crippen LogP contribution < -0.4 is 5.32 Å². The molecule has 0 unspecified atom stereocenters. The van der Waals surface area contributed by atoms with Crippen LogP contribution in [0.2, 0.25) is 10.0 Å². The summed E-state index contributed by atoms with van der Waals surface area (Å²) in [6.45, 7) is 1.75. The minimum atomic E-state index is -1.16. The van der Waals surface area contributed by atoms with Crippen molar-refractivity contribution < 1.29 is 19.1 Å². The number of nitriles is 1. The van der Waals surface area contributed by atoms with Gasteiger partial charge in [0.2, 0.25) is 0 Å². The molecule has 0 aliphatic heterocycles. The molecule has 30 heavy (non-hydrogen) atoms. The van der Waals surface area contributed by atoms with Crippen LogP contribution in [0.3, 0.4) is 0 Å². The number of carboxylic acids is 1. The van der Waals surface area contributed by atoms with Gasteiger partial charge in [0.1, 0.15) is 23.2 Å². The van der Waals surface area contributed by atoms with E-state index >= 15 is 0 Å². The summed E-state index contributed by atoms with van der Waals surface area (Å²) in [6, 6.07) is 14.5. The maximum absolute atomic E-state index is 12.5. The lowest BCUT2D eigenvalue weighted by Crippen LogP contribution is -2.14. The van der Waals surface area contributed by atoms with E-state index in [0.717, 1.165) is 0 Å². The van der Waals surface area contributed by atoms with Crippen molar-refractivity contribution in [3.63, 3.8) is 0 Å². The predicted molar refractivity (Wildman–Crippen MR) is 115 cm³/mol. The fourth-order valence-corrected chi connectivity index (χ4v) is 3.02. The summed E-state index contributed by atoms with van der Waals surface area (Å²) in [5.41, 5.74) is 1.45. The first-order valence-corrected chi connectivity index (χ1v) is 9.37. The van der Waals surface area contributed by atoms with Crippen molar-refractivity contribution in [2.45, 2.75) is 6.92 Å². The molecule has 1 aromatic heterocycles. The van der Waals surface area contributed by atoms with Gasteiger partial charge in [-0.1, -0.05) is 29.3 Å². The van der Waals surface area contributed by atoms with Crippen LogP contribution in [0.15, 0.2) is 58.5 Å². The molecule has 2 aromatic carbocycles. The molecule has 0 spiro atoms. The molecule has 0 saturated heterocycles. The molecule has 0 atom stereocenters. The minimum absolute atomic E-state index is 0.0587. The zero-order valence-electron chi connectivity index (χ0n) is 15.6. The quantitative estimate of drug-likeness (QED) is 0.385. The van der Waals surface area contributed by atoms with Gasteiger partial charge in [0.25, 0.3) is 5.91 Å². The zero-order valence-corrected chi connectivity index (χ0v) is 17.1. The molecule has 6 nitrogen and oxygen atoms in total. The van der Waals surface area contributed by atoms with Gasteiger partial charge in [-0.05, 0) is 55.0 Å². The highest BCUT2D eigenvalue weighted by molar-refractivity contribution is 6.33. The molecular formula is C22H14Cl2N2O4. The van der Waals surface area contributed by atoms with Gasteiger partial charge in [0.15, 0.2) is 0 Å². The Labute approximate surface area is 182 Å². The number of carbonyl (C=O) groups is 2. The van der Waals surface area contributed by atoms with E-state index in [0.29, 0.717) is 27.6 Å². The Hall–Kier alpha value is -3.53. The summed E-state index contributed by atoms with van der Waals surface area (Å²) in [7, 11) is 0. The number of hydrogen-bond acceptors (Lipinski definition) is 4. The third kappa shape index (κ3) is 4.54. The molecule has 150 valence electrons. The Balaban J connectivity index is 1.86. The Bertz CT molecular complexity index is 1220. The first-order chi connectivity index (χ1) is 14.3. The number of carbonyl (C=O) groups excluding carboxylic acids is 1. The number of furan rings is 1. The molecule has 1 amide bonds. The second-order valence-corrected chi connectivity index (χ2v) is 7.05. The van der Waals surface area contributed by atoms with Gasteiger partial charge in [0, 0.05) is 22.3 Å². The summed E-state index contributed by atoms with van der Waals surface area (Å²) >= 11 is 11.9. The molecule has 3 aromatic rings. The van der Waals surface area contributed by atoms with Crippen molar-refractivity contribution in [1.29, 1.82) is 5.26 Å². The van der Waals surface area contributed by atoms with Crippen molar-refractivity contribution in [3.05, 3.63) is 81.0 Å². The lowest BCUT2D eigenvalue weighted by atomic mass is 10.1. The standard InChI is InChI=1S/C22H14Cl2N2O4/c1-12-17(23)3-2-4-19(12)26-21(27)14(11-25)9-15-6-8-20(30-15)13-5-7-18(24)16(10-13)22(28)29/h2-10H,1H3,(H,26,27)(H,28,29). The number of nitrogens with zero attached hydrogens (tertiary/aromatic N) is 1. The maximum atomic E-state index is 12.5. The zero-order chi connectivity index (χ0) is 21.8. The van der Waals surface area contributed by atoms with Crippen LogP contribution in [-0.4, -0.2) is 17.0 Å². The minimum Gasteiger partial charge on any atom is -0.478 e. The molecule has 0 radical (unpaired) electrons. The average Bonchev–Trinajstić information content (AvgIpc) is 3.18. The Morgan fingerprint density at radius 1 is 1.13 bits per heavy atom. The predicted octanol–water partition coefficient (Wildman–Crippen LogP) is 5.81. The van der Waals surface area contributed by atoms with E-state index in [4.69, 9.17) is 27.6 Å². The lowest BCUT2D eigenvalue weighted by molar-refractivity contribution is -0.112. The SMILES string of the molecule is Cc1c(Cl)cccc1NC(=O)C(C#N)=Cc1ccc(-c2ccc(Cl)c(C(=O)O)c2)o1. The number of nitrogens with one attached hydrogen (secondary N) is 1. The Kier molecular flexibility index (Phi) is 6.26. The number of halogens is 2. The molecule has 0 saturated carbocycles. The van der Waals surface area contributed by atoms with Crippen LogP contribution in [-0.2, 0) is 4.79 Å². The van der Waals surface area contributed by atoms with E-state index in [1.807, 2.05) is 6.07 Å². The van der Waals surface area contributed by atoms with Crippen LogP contribution >= 0.6 is 23.2 Å². The molecule has 0 bridgehead atoms. The fraction of sp³-hybridized carbons (Fsp3) is 0.0455. The van der Waals surface area contributed by atoms with Crippen molar-refractivity contribution in [3.8, 4) is 17.4 Å². The van der Waals surface area contributed by atoms with Crippen molar-refractivity contribution in [1.82, 2.24) is 0 Å². The van der Waals surface area contributed by atoms with E-state index in [1.54, 1.807) is 43.3 Å². The highest BCUT2D eigenvalue weighted by atomic mass is 35.5. The number of hydrogen-bond donors (Lipinski definition) is 2. The third-order valence-corrected chi connectivity index (χ3v) is 5.01. The van der Waals surface area contributed by atoms with Crippen LogP contribution in [0.5, 0.6) is 0 Å². The third-order valence-electron chi connectivity index (χ3n) is 4.28. The summed E-state index contributed by atoms with van der Waals surface area (Å²) < 4.78 is 5.66. The summed E-state index contributed by atoms with van der Waals surface area (Å²) in [4.78, 5) is 23.7. The van der Waals surface area contributed by atoms with Gasteiger partial charge < -0.3 is 14.8 Å². The second kappa shape index (κ2) is 8.87. The largest absolute Gasteiger partial charge is 0.478 e. The van der Waals surface area contributed by atoms with Crippen LogP contribution in [0.1, 0.15) is 21.7 Å². The van der Waals surface area contributed by atoms with E-state index in [1.165, 1.54) is 18.2 Å². The van der Waals surface area contributed by atoms with Crippen LogP contribution in [0.4, 0.5) is 5.69 Å². The Morgan fingerprint density at radius 3 is 2.60 bits per heavy atom. The van der Waals surface area contributed by atoms with E-state index in [2.05, 4.69) is 5.32 Å². The van der Waals surface area contributed by atoms with Crippen molar-refractivity contribution in [2.75, 3.05) is 5.32 Å². The normalized spacial score (nSPS) is 11.1. The molecular weight excluding hydrogens is 427 g/mol. The summed E-state index contributed by atoms with van der Waals surface area (Å²) in [5.74, 6) is -1.15. The highest BCUT2D eigenvalue weighted by Gasteiger charge is 2.15. The molecule has 0 aliphatic rings. The first kappa shape index (κ1) is 21.2. The maximum Gasteiger partial charge on any atom is 0.337 e. The summed E-state index contributed by atoms with van der Waals surface area (Å²) in [5, 5.41) is 21.8. The number of anilines is 1. The van der Waals surface area contributed by atoms with Gasteiger partial charge in [0.05, 0.1) is 10.6 Å². The molecule has 0 fully saturated rings. The van der Waals surface area contributed by atoms with Gasteiger partial charge in [-0.2, -0.15) is 5.26 Å². The van der Waals surface area contributed by atoms with E-state index in [-0.39, 0.29) is 21.9 Å². The number of rotatable bonds is 5. The molecule has 0 aliphatic carbocycles. The van der Waals surface area contributed by atoms with Gasteiger partial charge in [-0.3, -0.25) is 4.79 Å². The molecule has 8 heteroatoms. The van der Waals surface area contributed by atoms with E-state index < -0.39 is 11.9 Å². The smallest absolute Gasteiger partial charge is 0.337 e. The number of benzene rings is 2. The fourth-order valence-electron chi connectivity index (χ4n) is 2.65. The second-order valence-electron chi connectivity index (χ2n) is 6.24. The lowest BCUT2D eigenvalue weighted by Gasteiger charge is -2.08. The topological polar surface area (TPSA) is 103 Å². The number of aromatic carboxylic acids is 1. The summed E-state index contributed by atoms with van der Waals surface area (Å²) in [6.07, 6.45) is 1.30. The number of carboxylic acid groups (broad SMARTS) is 1.